The zero-order chi connectivity index (χ0) is 14.8. The van der Waals surface area contributed by atoms with Gasteiger partial charge in [0.1, 0.15) is 5.60 Å². The molecule has 3 nitrogen and oxygen atoms in total. The van der Waals surface area contributed by atoms with Crippen LogP contribution in [0, 0.1) is 12.8 Å². The number of anilines is 1. The number of piperidine rings is 1. The number of carbonyl (C=O) groups excluding carboxylic acids is 1. The number of ether oxygens (including phenoxy) is 1. The first-order valence-corrected chi connectivity index (χ1v) is 7.40. The summed E-state index contributed by atoms with van der Waals surface area (Å²) in [5, 5.41) is 0. The van der Waals surface area contributed by atoms with Crippen LogP contribution in [0.25, 0.3) is 0 Å². The minimum atomic E-state index is -0.385. The Kier molecular flexibility index (Phi) is 4.36. The maximum Gasteiger partial charge on any atom is 0.309 e. The second-order valence-corrected chi connectivity index (χ2v) is 6.58. The van der Waals surface area contributed by atoms with Gasteiger partial charge >= 0.3 is 5.97 Å². The number of nitrogens with zero attached hydrogens (tertiary/aromatic N) is 1. The molecule has 0 bridgehead atoms. The fraction of sp³-hybridized carbons (Fsp3) is 0.588. The van der Waals surface area contributed by atoms with Gasteiger partial charge in [0, 0.05) is 18.8 Å². The zero-order valence-corrected chi connectivity index (χ0v) is 13.0. The van der Waals surface area contributed by atoms with Gasteiger partial charge in [0.25, 0.3) is 0 Å². The Hall–Kier alpha value is -1.51. The van der Waals surface area contributed by atoms with Gasteiger partial charge in [-0.3, -0.25) is 4.79 Å². The Bertz CT molecular complexity index is 468. The Balaban J connectivity index is 1.93. The number of esters is 1. The number of aryl methyl sites for hydroxylation is 1. The van der Waals surface area contributed by atoms with Crippen molar-refractivity contribution in [3.05, 3.63) is 29.8 Å². The van der Waals surface area contributed by atoms with E-state index in [1.807, 2.05) is 20.8 Å². The van der Waals surface area contributed by atoms with E-state index in [0.717, 1.165) is 25.9 Å². The van der Waals surface area contributed by atoms with E-state index in [1.165, 1.54) is 11.3 Å². The molecular formula is C17H25NO2. The van der Waals surface area contributed by atoms with Crippen LogP contribution in [0.4, 0.5) is 5.69 Å². The third-order valence-electron chi connectivity index (χ3n) is 3.69. The van der Waals surface area contributed by atoms with Gasteiger partial charge in [-0.15, -0.1) is 0 Å². The summed E-state index contributed by atoms with van der Waals surface area (Å²) in [5.74, 6) is 0.0106. The second kappa shape index (κ2) is 5.86. The monoisotopic (exact) mass is 275 g/mol. The third kappa shape index (κ3) is 3.75. The first-order chi connectivity index (χ1) is 9.37. The fourth-order valence-electron chi connectivity index (χ4n) is 2.66. The first kappa shape index (κ1) is 14.9. The van der Waals surface area contributed by atoms with Crippen molar-refractivity contribution in [2.24, 2.45) is 5.92 Å². The van der Waals surface area contributed by atoms with Gasteiger partial charge in [-0.2, -0.15) is 0 Å². The molecule has 2 rings (SSSR count). The Morgan fingerprint density at radius 1 is 1.20 bits per heavy atom. The van der Waals surface area contributed by atoms with Crippen LogP contribution in [0.5, 0.6) is 0 Å². The fourth-order valence-corrected chi connectivity index (χ4v) is 2.66. The minimum Gasteiger partial charge on any atom is -0.460 e. The number of hydrogen-bond acceptors (Lipinski definition) is 3. The molecule has 1 aromatic rings. The normalized spacial score (nSPS) is 17.1. The quantitative estimate of drug-likeness (QED) is 0.773. The van der Waals surface area contributed by atoms with Crippen molar-refractivity contribution in [1.82, 2.24) is 0 Å². The summed E-state index contributed by atoms with van der Waals surface area (Å²) in [4.78, 5) is 14.5. The molecule has 0 aromatic heterocycles. The van der Waals surface area contributed by atoms with Crippen LogP contribution in [-0.2, 0) is 9.53 Å². The molecule has 0 saturated carbocycles. The predicted molar refractivity (Wildman–Crippen MR) is 82.0 cm³/mol. The second-order valence-electron chi connectivity index (χ2n) is 6.58. The molecule has 1 saturated heterocycles. The number of hydrogen-bond donors (Lipinski definition) is 0. The lowest BCUT2D eigenvalue weighted by atomic mass is 9.96. The smallest absolute Gasteiger partial charge is 0.309 e. The largest absolute Gasteiger partial charge is 0.460 e. The molecule has 0 atom stereocenters. The molecule has 0 amide bonds. The minimum absolute atomic E-state index is 0.0399. The maximum absolute atomic E-state index is 12.1. The summed E-state index contributed by atoms with van der Waals surface area (Å²) in [6.45, 7) is 9.76. The number of benzene rings is 1. The van der Waals surface area contributed by atoms with Crippen molar-refractivity contribution in [2.45, 2.75) is 46.1 Å². The van der Waals surface area contributed by atoms with Crippen LogP contribution < -0.4 is 4.90 Å². The van der Waals surface area contributed by atoms with E-state index < -0.39 is 0 Å². The molecule has 1 fully saturated rings. The molecule has 20 heavy (non-hydrogen) atoms. The standard InChI is InChI=1S/C17H25NO2/c1-13-7-5-6-8-15(13)18-11-9-14(10-12-18)16(19)20-17(2,3)4/h5-8,14H,9-12H2,1-4H3. The van der Waals surface area contributed by atoms with Gasteiger partial charge < -0.3 is 9.64 Å². The summed E-state index contributed by atoms with van der Waals surface area (Å²) >= 11 is 0. The van der Waals surface area contributed by atoms with Crippen molar-refractivity contribution in [3.63, 3.8) is 0 Å². The van der Waals surface area contributed by atoms with Crippen LogP contribution >= 0.6 is 0 Å². The van der Waals surface area contributed by atoms with E-state index in [1.54, 1.807) is 0 Å². The summed E-state index contributed by atoms with van der Waals surface area (Å²) < 4.78 is 5.48. The Labute approximate surface area is 121 Å². The van der Waals surface area contributed by atoms with E-state index in [-0.39, 0.29) is 17.5 Å². The summed E-state index contributed by atoms with van der Waals surface area (Å²) in [5.41, 5.74) is 2.20. The van der Waals surface area contributed by atoms with E-state index in [4.69, 9.17) is 4.74 Å². The molecule has 1 aliphatic heterocycles. The van der Waals surface area contributed by atoms with Gasteiger partial charge in [0.15, 0.2) is 0 Å². The average molecular weight is 275 g/mol. The number of para-hydroxylation sites is 1. The van der Waals surface area contributed by atoms with Crippen LogP contribution in [-0.4, -0.2) is 24.7 Å². The summed E-state index contributed by atoms with van der Waals surface area (Å²) in [6, 6.07) is 8.42. The Morgan fingerprint density at radius 2 is 1.80 bits per heavy atom. The van der Waals surface area contributed by atoms with Crippen molar-refractivity contribution in [2.75, 3.05) is 18.0 Å². The van der Waals surface area contributed by atoms with Gasteiger partial charge in [0.05, 0.1) is 5.92 Å². The molecule has 110 valence electrons. The molecule has 3 heteroatoms. The predicted octanol–water partition coefficient (Wildman–Crippen LogP) is 3.55. The highest BCUT2D eigenvalue weighted by molar-refractivity contribution is 5.73. The molecule has 1 heterocycles. The molecule has 1 aromatic carbocycles. The maximum atomic E-state index is 12.1. The van der Waals surface area contributed by atoms with Crippen molar-refractivity contribution < 1.29 is 9.53 Å². The molecule has 0 unspecified atom stereocenters. The molecule has 0 aliphatic carbocycles. The van der Waals surface area contributed by atoms with E-state index >= 15 is 0 Å². The topological polar surface area (TPSA) is 29.5 Å². The average Bonchev–Trinajstić information content (AvgIpc) is 2.37. The highest BCUT2D eigenvalue weighted by Crippen LogP contribution is 2.27. The first-order valence-electron chi connectivity index (χ1n) is 7.40. The Morgan fingerprint density at radius 3 is 2.35 bits per heavy atom. The van der Waals surface area contributed by atoms with E-state index in [0.29, 0.717) is 0 Å². The van der Waals surface area contributed by atoms with Gasteiger partial charge in [-0.1, -0.05) is 18.2 Å². The van der Waals surface area contributed by atoms with Crippen LogP contribution in [0.3, 0.4) is 0 Å². The molecular weight excluding hydrogens is 250 g/mol. The van der Waals surface area contributed by atoms with Crippen molar-refractivity contribution >= 4 is 11.7 Å². The highest BCUT2D eigenvalue weighted by Gasteiger charge is 2.29. The van der Waals surface area contributed by atoms with Gasteiger partial charge in [-0.25, -0.2) is 0 Å². The molecule has 0 N–H and O–H groups in total. The number of rotatable bonds is 2. The summed E-state index contributed by atoms with van der Waals surface area (Å²) in [6.07, 6.45) is 1.76. The lowest BCUT2D eigenvalue weighted by Crippen LogP contribution is -2.39. The van der Waals surface area contributed by atoms with Crippen molar-refractivity contribution in [1.29, 1.82) is 0 Å². The van der Waals surface area contributed by atoms with Crippen LogP contribution in [0.1, 0.15) is 39.2 Å². The third-order valence-corrected chi connectivity index (χ3v) is 3.69. The molecule has 0 spiro atoms. The van der Waals surface area contributed by atoms with E-state index in [2.05, 4.69) is 36.1 Å². The lowest BCUT2D eigenvalue weighted by Gasteiger charge is -2.34. The van der Waals surface area contributed by atoms with E-state index in [9.17, 15) is 4.79 Å². The lowest BCUT2D eigenvalue weighted by molar-refractivity contribution is -0.160. The SMILES string of the molecule is Cc1ccccc1N1CCC(C(=O)OC(C)(C)C)CC1. The summed E-state index contributed by atoms with van der Waals surface area (Å²) in [7, 11) is 0. The van der Waals surface area contributed by atoms with Crippen LogP contribution in [0.2, 0.25) is 0 Å². The van der Waals surface area contributed by atoms with Gasteiger partial charge in [-0.05, 0) is 52.2 Å². The van der Waals surface area contributed by atoms with Crippen LogP contribution in [0.15, 0.2) is 24.3 Å². The van der Waals surface area contributed by atoms with Gasteiger partial charge in [0.2, 0.25) is 0 Å². The van der Waals surface area contributed by atoms with Crippen molar-refractivity contribution in [3.8, 4) is 0 Å². The molecule has 1 aliphatic rings. The highest BCUT2D eigenvalue weighted by atomic mass is 16.6. The zero-order valence-electron chi connectivity index (χ0n) is 13.0. The number of carbonyl (C=O) groups is 1. The molecule has 0 radical (unpaired) electrons.